The van der Waals surface area contributed by atoms with Crippen LogP contribution in [0.4, 0.5) is 0 Å². The Kier molecular flexibility index (Phi) is 8.94. The van der Waals surface area contributed by atoms with Crippen LogP contribution in [0.3, 0.4) is 0 Å². The molecule has 0 bridgehead atoms. The van der Waals surface area contributed by atoms with Crippen molar-refractivity contribution < 1.29 is 29.3 Å². The maximum Gasteiger partial charge on any atom is 0.328 e. The van der Waals surface area contributed by atoms with Crippen molar-refractivity contribution in [2.45, 2.75) is 13.3 Å². The molecule has 0 spiro atoms. The van der Waals surface area contributed by atoms with E-state index in [1.807, 2.05) is 33.2 Å². The summed E-state index contributed by atoms with van der Waals surface area (Å²) < 4.78 is 5.61. The highest BCUT2D eigenvalue weighted by Gasteiger charge is 2.23. The van der Waals surface area contributed by atoms with Crippen LogP contribution in [0.5, 0.6) is 5.88 Å². The maximum atomic E-state index is 12.2. The number of carbonyl (C=O) groups excluding carboxylic acids is 1. The number of aliphatic carboxylic acids is 2. The van der Waals surface area contributed by atoms with E-state index >= 15 is 0 Å². The third-order valence-electron chi connectivity index (χ3n) is 3.60. The molecule has 1 amide bonds. The molecule has 0 atom stereocenters. The van der Waals surface area contributed by atoms with Crippen LogP contribution in [0.25, 0.3) is 0 Å². The van der Waals surface area contributed by atoms with Gasteiger partial charge in [-0.05, 0) is 33.2 Å². The van der Waals surface area contributed by atoms with Crippen molar-refractivity contribution in [1.82, 2.24) is 14.8 Å². The smallest absolute Gasteiger partial charge is 0.328 e. The fraction of sp³-hybridized carbons (Fsp3) is 0.444. The van der Waals surface area contributed by atoms with E-state index in [2.05, 4.69) is 9.88 Å². The Balaban J connectivity index is 0.000000387. The van der Waals surface area contributed by atoms with Crippen LogP contribution < -0.4 is 4.74 Å². The number of aromatic nitrogens is 1. The third-order valence-corrected chi connectivity index (χ3v) is 3.60. The molecular formula is C18H25N3O6. The number of ether oxygens (including phenoxy) is 1. The first-order valence-electron chi connectivity index (χ1n) is 8.45. The van der Waals surface area contributed by atoms with Gasteiger partial charge in [0.1, 0.15) is 12.2 Å². The van der Waals surface area contributed by atoms with Gasteiger partial charge in [0.15, 0.2) is 0 Å². The second kappa shape index (κ2) is 10.9. The summed E-state index contributed by atoms with van der Waals surface area (Å²) in [4.78, 5) is 39.7. The molecule has 0 aliphatic carbocycles. The Morgan fingerprint density at radius 1 is 1.26 bits per heavy atom. The summed E-state index contributed by atoms with van der Waals surface area (Å²) in [6.07, 6.45) is 1.97. The Labute approximate surface area is 157 Å². The first-order chi connectivity index (χ1) is 12.7. The molecule has 0 fully saturated rings. The number of hydrogen-bond acceptors (Lipinski definition) is 6. The molecule has 0 aromatic carbocycles. The van der Waals surface area contributed by atoms with E-state index < -0.39 is 11.9 Å². The number of hydrogen-bond donors (Lipinski definition) is 2. The molecule has 0 saturated heterocycles. The molecule has 9 heteroatoms. The molecule has 1 aromatic heterocycles. The number of fused-ring (bicyclic) bond motifs is 1. The summed E-state index contributed by atoms with van der Waals surface area (Å²) in [6, 6.07) is 3.76. The van der Waals surface area contributed by atoms with Crippen LogP contribution in [0.2, 0.25) is 0 Å². The Hall–Kier alpha value is -2.94. The maximum absolute atomic E-state index is 12.2. The molecule has 2 heterocycles. The van der Waals surface area contributed by atoms with Gasteiger partial charge in [-0.15, -0.1) is 0 Å². The van der Waals surface area contributed by atoms with Gasteiger partial charge >= 0.3 is 11.9 Å². The summed E-state index contributed by atoms with van der Waals surface area (Å²) >= 11 is 0. The molecule has 2 N–H and O–H groups in total. The fourth-order valence-electron chi connectivity index (χ4n) is 2.20. The highest BCUT2D eigenvalue weighted by atomic mass is 16.5. The molecule has 27 heavy (non-hydrogen) atoms. The zero-order chi connectivity index (χ0) is 20.4. The normalized spacial score (nSPS) is 13.5. The molecular weight excluding hydrogens is 354 g/mol. The highest BCUT2D eigenvalue weighted by molar-refractivity contribution is 5.96. The van der Waals surface area contributed by atoms with Gasteiger partial charge < -0.3 is 24.7 Å². The fourth-order valence-corrected chi connectivity index (χ4v) is 2.20. The lowest BCUT2D eigenvalue weighted by molar-refractivity contribution is -0.134. The highest BCUT2D eigenvalue weighted by Crippen LogP contribution is 2.21. The second-order valence-electron chi connectivity index (χ2n) is 5.95. The Morgan fingerprint density at radius 2 is 1.89 bits per heavy atom. The van der Waals surface area contributed by atoms with E-state index in [4.69, 9.17) is 14.9 Å². The minimum absolute atomic E-state index is 0.0154. The summed E-state index contributed by atoms with van der Waals surface area (Å²) in [7, 11) is 4.06. The number of carboxylic acids is 2. The summed E-state index contributed by atoms with van der Waals surface area (Å²) in [6.45, 7) is 4.74. The summed E-state index contributed by atoms with van der Waals surface area (Å²) in [5.41, 5.74) is 1.54. The number of carboxylic acid groups (broad SMARTS) is 2. The van der Waals surface area contributed by atoms with Crippen molar-refractivity contribution >= 4 is 17.8 Å². The van der Waals surface area contributed by atoms with Crippen molar-refractivity contribution in [3.05, 3.63) is 35.5 Å². The van der Waals surface area contributed by atoms with Crippen molar-refractivity contribution in [1.29, 1.82) is 0 Å². The molecule has 2 rings (SSSR count). The minimum Gasteiger partial charge on any atom is -0.478 e. The van der Waals surface area contributed by atoms with Crippen molar-refractivity contribution in [3.63, 3.8) is 0 Å². The predicted molar refractivity (Wildman–Crippen MR) is 98.0 cm³/mol. The molecule has 9 nitrogen and oxygen atoms in total. The van der Waals surface area contributed by atoms with Gasteiger partial charge in [-0.3, -0.25) is 4.79 Å². The predicted octanol–water partition coefficient (Wildman–Crippen LogP) is 0.752. The van der Waals surface area contributed by atoms with Gasteiger partial charge in [-0.2, -0.15) is 0 Å². The van der Waals surface area contributed by atoms with Crippen LogP contribution in [0, 0.1) is 0 Å². The standard InChI is InChI=1S/C14H21N3O2.C4H4O4/c1-4-17-9-10-19-13-12(14(17)18)6-5-11(15-13)7-8-16(2)3;5-3(6)1-2-4(7)8/h5-6H,4,7-10H2,1-3H3;1-2H,(H,5,6)(H,7,8)/b;2-1+. The number of carbonyl (C=O) groups is 3. The first kappa shape index (κ1) is 22.1. The van der Waals surface area contributed by atoms with Gasteiger partial charge in [0, 0.05) is 37.4 Å². The lowest BCUT2D eigenvalue weighted by Gasteiger charge is -2.16. The van der Waals surface area contributed by atoms with Gasteiger partial charge in [-0.25, -0.2) is 14.6 Å². The zero-order valence-corrected chi connectivity index (χ0v) is 15.7. The number of nitrogens with zero attached hydrogens (tertiary/aromatic N) is 3. The quantitative estimate of drug-likeness (QED) is 0.695. The van der Waals surface area contributed by atoms with Gasteiger partial charge in [0.2, 0.25) is 5.88 Å². The van der Waals surface area contributed by atoms with Crippen LogP contribution in [-0.2, 0) is 16.0 Å². The SMILES string of the molecule is CCN1CCOc2nc(CCN(C)C)ccc2C1=O.O=C(O)/C=C/C(=O)O. The van der Waals surface area contributed by atoms with E-state index in [0.29, 0.717) is 43.3 Å². The lowest BCUT2D eigenvalue weighted by Crippen LogP contribution is -2.31. The van der Waals surface area contributed by atoms with Crippen LogP contribution in [0.1, 0.15) is 23.0 Å². The van der Waals surface area contributed by atoms with Gasteiger partial charge in [0.25, 0.3) is 5.91 Å². The van der Waals surface area contributed by atoms with Gasteiger partial charge in [-0.1, -0.05) is 0 Å². The van der Waals surface area contributed by atoms with E-state index in [-0.39, 0.29) is 5.91 Å². The molecule has 148 valence electrons. The van der Waals surface area contributed by atoms with Crippen molar-refractivity contribution in [3.8, 4) is 5.88 Å². The molecule has 1 aliphatic rings. The number of pyridine rings is 1. The zero-order valence-electron chi connectivity index (χ0n) is 15.7. The van der Waals surface area contributed by atoms with E-state index in [1.165, 1.54) is 0 Å². The molecule has 0 saturated carbocycles. The second-order valence-corrected chi connectivity index (χ2v) is 5.95. The number of amides is 1. The number of rotatable bonds is 6. The Bertz CT molecular complexity index is 686. The molecule has 1 aromatic rings. The largest absolute Gasteiger partial charge is 0.478 e. The number of likely N-dealkylation sites (N-methyl/N-ethyl adjacent to an activating group) is 2. The topological polar surface area (TPSA) is 120 Å². The van der Waals surface area contributed by atoms with E-state index in [9.17, 15) is 14.4 Å². The van der Waals surface area contributed by atoms with Gasteiger partial charge in [0.05, 0.1) is 6.54 Å². The molecule has 0 radical (unpaired) electrons. The van der Waals surface area contributed by atoms with Crippen LogP contribution in [-0.4, -0.2) is 83.2 Å². The molecule has 0 unspecified atom stereocenters. The average Bonchev–Trinajstić information content (AvgIpc) is 2.77. The van der Waals surface area contributed by atoms with Crippen molar-refractivity contribution in [2.75, 3.05) is 40.3 Å². The first-order valence-corrected chi connectivity index (χ1v) is 8.45. The van der Waals surface area contributed by atoms with Crippen LogP contribution >= 0.6 is 0 Å². The van der Waals surface area contributed by atoms with E-state index in [0.717, 1.165) is 18.7 Å². The summed E-state index contributed by atoms with van der Waals surface area (Å²) in [5.74, 6) is -2.02. The van der Waals surface area contributed by atoms with Crippen LogP contribution in [0.15, 0.2) is 24.3 Å². The average molecular weight is 379 g/mol. The summed E-state index contributed by atoms with van der Waals surface area (Å²) in [5, 5.41) is 15.6. The molecule has 1 aliphatic heterocycles. The Morgan fingerprint density at radius 3 is 2.41 bits per heavy atom. The third kappa shape index (κ3) is 7.87. The van der Waals surface area contributed by atoms with E-state index in [1.54, 1.807) is 4.90 Å². The minimum atomic E-state index is -1.26. The van der Waals surface area contributed by atoms with Crippen molar-refractivity contribution in [2.24, 2.45) is 0 Å². The lowest BCUT2D eigenvalue weighted by atomic mass is 10.2. The monoisotopic (exact) mass is 379 g/mol.